The van der Waals surface area contributed by atoms with E-state index in [2.05, 4.69) is 36.5 Å². The first-order valence-corrected chi connectivity index (χ1v) is 6.18. The fraction of sp³-hybridized carbons (Fsp3) is 0.571. The first-order valence-electron chi connectivity index (χ1n) is 6.18. The number of nitrogens with one attached hydrogen (secondary N) is 1. The monoisotopic (exact) mass is 201 g/mol. The zero-order valence-corrected chi connectivity index (χ0v) is 9.42. The minimum Gasteiger partial charge on any atom is -0.313 e. The maximum Gasteiger partial charge on any atom is 0.0162 e. The summed E-state index contributed by atoms with van der Waals surface area (Å²) in [4.78, 5) is 0. The first kappa shape index (κ1) is 9.41. The zero-order valence-electron chi connectivity index (χ0n) is 9.42. The second-order valence-corrected chi connectivity index (χ2v) is 4.98. The molecule has 1 aliphatic carbocycles. The van der Waals surface area contributed by atoms with Crippen molar-refractivity contribution < 1.29 is 0 Å². The Bertz CT molecular complexity index is 371. The number of benzene rings is 1. The molecule has 1 spiro atoms. The van der Waals surface area contributed by atoms with Crippen molar-refractivity contribution in [2.75, 3.05) is 6.54 Å². The molecular weight excluding hydrogens is 182 g/mol. The molecule has 1 heterocycles. The van der Waals surface area contributed by atoms with Crippen molar-refractivity contribution >= 4 is 0 Å². The number of rotatable bonds is 1. The van der Waals surface area contributed by atoms with Crippen LogP contribution in [0.2, 0.25) is 0 Å². The molecule has 80 valence electrons. The lowest BCUT2D eigenvalue weighted by Crippen LogP contribution is -2.38. The van der Waals surface area contributed by atoms with Crippen LogP contribution in [0.5, 0.6) is 0 Å². The van der Waals surface area contributed by atoms with Crippen LogP contribution in [-0.2, 0) is 11.8 Å². The normalized spacial score (nSPS) is 33.5. The van der Waals surface area contributed by atoms with Crippen molar-refractivity contribution in [1.82, 2.24) is 5.32 Å². The predicted molar refractivity (Wildman–Crippen MR) is 63.1 cm³/mol. The van der Waals surface area contributed by atoms with Crippen LogP contribution in [-0.4, -0.2) is 12.6 Å². The number of hydrogen-bond donors (Lipinski definition) is 1. The lowest BCUT2D eigenvalue weighted by atomic mass is 9.74. The fourth-order valence-electron chi connectivity index (χ4n) is 3.71. The molecule has 1 N–H and O–H groups in total. The largest absolute Gasteiger partial charge is 0.313 e. The van der Waals surface area contributed by atoms with E-state index in [1.165, 1.54) is 32.2 Å². The Kier molecular flexibility index (Phi) is 2.10. The molecule has 1 heteroatoms. The molecule has 1 aliphatic heterocycles. The van der Waals surface area contributed by atoms with Crippen LogP contribution in [0.15, 0.2) is 24.3 Å². The van der Waals surface area contributed by atoms with Gasteiger partial charge >= 0.3 is 0 Å². The highest BCUT2D eigenvalue weighted by Crippen LogP contribution is 2.47. The van der Waals surface area contributed by atoms with E-state index in [0.29, 0.717) is 11.5 Å². The van der Waals surface area contributed by atoms with Gasteiger partial charge in [-0.25, -0.2) is 0 Å². The van der Waals surface area contributed by atoms with Crippen LogP contribution < -0.4 is 5.32 Å². The molecule has 0 radical (unpaired) electrons. The quantitative estimate of drug-likeness (QED) is 0.736. The highest BCUT2D eigenvalue weighted by Gasteiger charge is 2.46. The Balaban J connectivity index is 2.08. The predicted octanol–water partition coefficient (Wildman–Crippen LogP) is 2.64. The molecule has 0 saturated carbocycles. The Morgan fingerprint density at radius 2 is 2.20 bits per heavy atom. The van der Waals surface area contributed by atoms with Crippen molar-refractivity contribution in [1.29, 1.82) is 0 Å². The van der Waals surface area contributed by atoms with Crippen molar-refractivity contribution in [3.05, 3.63) is 35.4 Å². The topological polar surface area (TPSA) is 12.0 Å². The molecule has 0 bridgehead atoms. The van der Waals surface area contributed by atoms with E-state index in [0.717, 1.165) is 0 Å². The van der Waals surface area contributed by atoms with Gasteiger partial charge in [0.2, 0.25) is 0 Å². The summed E-state index contributed by atoms with van der Waals surface area (Å²) < 4.78 is 0. The summed E-state index contributed by atoms with van der Waals surface area (Å²) in [6.07, 6.45) is 5.24. The van der Waals surface area contributed by atoms with E-state index in [1.807, 2.05) is 0 Å². The van der Waals surface area contributed by atoms with E-state index in [-0.39, 0.29) is 0 Å². The summed E-state index contributed by atoms with van der Waals surface area (Å²) in [5, 5.41) is 3.68. The maximum absolute atomic E-state index is 3.68. The summed E-state index contributed by atoms with van der Waals surface area (Å²) in [7, 11) is 0. The van der Waals surface area contributed by atoms with Gasteiger partial charge in [0.1, 0.15) is 0 Å². The highest BCUT2D eigenvalue weighted by atomic mass is 15.0. The van der Waals surface area contributed by atoms with Gasteiger partial charge in [-0.2, -0.15) is 0 Å². The standard InChI is InChI=1S/C14H19N/c1-2-13-14(9-10-15-13)8-7-11-5-3-4-6-12(11)14/h3-6,13,15H,2,7-10H2,1H3. The summed E-state index contributed by atoms with van der Waals surface area (Å²) >= 11 is 0. The third kappa shape index (κ3) is 1.19. The fourth-order valence-corrected chi connectivity index (χ4v) is 3.71. The van der Waals surface area contributed by atoms with Gasteiger partial charge in [-0.1, -0.05) is 31.2 Å². The molecule has 1 saturated heterocycles. The van der Waals surface area contributed by atoms with E-state index in [9.17, 15) is 0 Å². The average Bonchev–Trinajstić information content (AvgIpc) is 2.86. The second kappa shape index (κ2) is 3.34. The Labute approximate surface area is 91.9 Å². The van der Waals surface area contributed by atoms with Crippen molar-refractivity contribution in [2.24, 2.45) is 0 Å². The van der Waals surface area contributed by atoms with Crippen molar-refractivity contribution in [3.63, 3.8) is 0 Å². The number of hydrogen-bond acceptors (Lipinski definition) is 1. The molecule has 3 rings (SSSR count). The number of aryl methyl sites for hydroxylation is 1. The Hall–Kier alpha value is -0.820. The van der Waals surface area contributed by atoms with Gasteiger partial charge in [-0.15, -0.1) is 0 Å². The molecule has 1 nitrogen and oxygen atoms in total. The van der Waals surface area contributed by atoms with Crippen LogP contribution >= 0.6 is 0 Å². The van der Waals surface area contributed by atoms with E-state index >= 15 is 0 Å². The molecule has 2 unspecified atom stereocenters. The summed E-state index contributed by atoms with van der Waals surface area (Å²) in [5.74, 6) is 0. The Morgan fingerprint density at radius 3 is 3.07 bits per heavy atom. The van der Waals surface area contributed by atoms with Crippen molar-refractivity contribution in [2.45, 2.75) is 44.1 Å². The van der Waals surface area contributed by atoms with Crippen LogP contribution in [0.25, 0.3) is 0 Å². The van der Waals surface area contributed by atoms with E-state index in [1.54, 1.807) is 11.1 Å². The Morgan fingerprint density at radius 1 is 1.33 bits per heavy atom. The minimum atomic E-state index is 0.478. The molecular formula is C14H19N. The lowest BCUT2D eigenvalue weighted by molar-refractivity contribution is 0.358. The van der Waals surface area contributed by atoms with Crippen LogP contribution in [0.4, 0.5) is 0 Å². The van der Waals surface area contributed by atoms with Crippen molar-refractivity contribution in [3.8, 4) is 0 Å². The minimum absolute atomic E-state index is 0.478. The van der Waals surface area contributed by atoms with Crippen LogP contribution in [0.1, 0.15) is 37.3 Å². The molecule has 0 aromatic heterocycles. The van der Waals surface area contributed by atoms with Gasteiger partial charge in [0, 0.05) is 11.5 Å². The molecule has 0 amide bonds. The SMILES string of the molecule is CCC1NCCC12CCc1ccccc12. The average molecular weight is 201 g/mol. The van der Waals surface area contributed by atoms with E-state index in [4.69, 9.17) is 0 Å². The van der Waals surface area contributed by atoms with Gasteiger partial charge < -0.3 is 5.32 Å². The molecule has 2 atom stereocenters. The lowest BCUT2D eigenvalue weighted by Gasteiger charge is -2.31. The first-order chi connectivity index (χ1) is 7.37. The summed E-state index contributed by atoms with van der Waals surface area (Å²) in [6.45, 7) is 3.51. The van der Waals surface area contributed by atoms with Gasteiger partial charge in [-0.05, 0) is 43.4 Å². The molecule has 15 heavy (non-hydrogen) atoms. The highest BCUT2D eigenvalue weighted by molar-refractivity contribution is 5.42. The van der Waals surface area contributed by atoms with Gasteiger partial charge in [0.05, 0.1) is 0 Å². The zero-order chi connectivity index (χ0) is 10.3. The van der Waals surface area contributed by atoms with Gasteiger partial charge in [0.15, 0.2) is 0 Å². The van der Waals surface area contributed by atoms with Crippen LogP contribution in [0.3, 0.4) is 0 Å². The maximum atomic E-state index is 3.68. The third-order valence-corrected chi connectivity index (χ3v) is 4.43. The summed E-state index contributed by atoms with van der Waals surface area (Å²) in [6, 6.07) is 9.77. The molecule has 1 aromatic rings. The summed E-state index contributed by atoms with van der Waals surface area (Å²) in [5.41, 5.74) is 3.72. The third-order valence-electron chi connectivity index (χ3n) is 4.43. The van der Waals surface area contributed by atoms with Gasteiger partial charge in [0.25, 0.3) is 0 Å². The molecule has 1 fully saturated rings. The number of fused-ring (bicyclic) bond motifs is 2. The van der Waals surface area contributed by atoms with Crippen LogP contribution in [0, 0.1) is 0 Å². The smallest absolute Gasteiger partial charge is 0.0162 e. The second-order valence-electron chi connectivity index (χ2n) is 4.98. The van der Waals surface area contributed by atoms with E-state index < -0.39 is 0 Å². The van der Waals surface area contributed by atoms with Gasteiger partial charge in [-0.3, -0.25) is 0 Å². The molecule has 1 aromatic carbocycles. The molecule has 2 aliphatic rings.